The fourth-order valence-electron chi connectivity index (χ4n) is 5.67. The van der Waals surface area contributed by atoms with Crippen molar-refractivity contribution in [1.29, 1.82) is 0 Å². The predicted molar refractivity (Wildman–Crippen MR) is 79.8 cm³/mol. The van der Waals surface area contributed by atoms with Crippen LogP contribution in [0.15, 0.2) is 18.2 Å². The molecule has 0 spiro atoms. The summed E-state index contributed by atoms with van der Waals surface area (Å²) in [6.45, 7) is 0. The molecule has 3 heteroatoms. The van der Waals surface area contributed by atoms with Crippen LogP contribution in [0.3, 0.4) is 0 Å². The second kappa shape index (κ2) is 4.49. The molecule has 5 rings (SSSR count). The van der Waals surface area contributed by atoms with Gasteiger partial charge in [0.05, 0.1) is 7.11 Å². The zero-order valence-electron chi connectivity index (χ0n) is 12.5. The fourth-order valence-corrected chi connectivity index (χ4v) is 5.67. The molecular formula is C18H22O3. The number of carboxylic acids is 1. The Labute approximate surface area is 125 Å². The minimum absolute atomic E-state index is 0.241. The lowest BCUT2D eigenvalue weighted by Gasteiger charge is -2.57. The summed E-state index contributed by atoms with van der Waals surface area (Å²) in [4.78, 5) is 11.5. The van der Waals surface area contributed by atoms with Crippen LogP contribution >= 0.6 is 0 Å². The molecule has 3 nitrogen and oxygen atoms in total. The highest BCUT2D eigenvalue weighted by atomic mass is 16.5. The SMILES string of the molecule is COc1ccc(C23CC4CC(CC(C4)C2)C3)cc1C(=O)O. The number of carboxylic acid groups (broad SMARTS) is 1. The third-order valence-corrected chi connectivity index (χ3v) is 6.08. The molecule has 0 radical (unpaired) electrons. The summed E-state index contributed by atoms with van der Waals surface area (Å²) < 4.78 is 5.20. The Kier molecular flexibility index (Phi) is 2.82. The number of carbonyl (C=O) groups is 1. The van der Waals surface area contributed by atoms with Crippen molar-refractivity contribution in [3.05, 3.63) is 29.3 Å². The van der Waals surface area contributed by atoms with Gasteiger partial charge in [0.25, 0.3) is 0 Å². The average molecular weight is 286 g/mol. The van der Waals surface area contributed by atoms with Crippen molar-refractivity contribution >= 4 is 5.97 Å². The zero-order valence-corrected chi connectivity index (χ0v) is 12.5. The molecule has 0 aliphatic heterocycles. The van der Waals surface area contributed by atoms with Crippen molar-refractivity contribution in [3.63, 3.8) is 0 Å². The third kappa shape index (κ3) is 1.97. The van der Waals surface area contributed by atoms with Gasteiger partial charge in [-0.25, -0.2) is 4.79 Å². The average Bonchev–Trinajstić information content (AvgIpc) is 2.45. The van der Waals surface area contributed by atoms with E-state index in [9.17, 15) is 9.90 Å². The summed E-state index contributed by atoms with van der Waals surface area (Å²) in [7, 11) is 1.53. The number of hydrogen-bond acceptors (Lipinski definition) is 2. The lowest BCUT2D eigenvalue weighted by atomic mass is 9.48. The normalized spacial score (nSPS) is 36.7. The van der Waals surface area contributed by atoms with Crippen LogP contribution in [-0.4, -0.2) is 18.2 Å². The van der Waals surface area contributed by atoms with E-state index in [-0.39, 0.29) is 5.41 Å². The Bertz CT molecular complexity index is 555. The highest BCUT2D eigenvalue weighted by molar-refractivity contribution is 5.91. The Morgan fingerprint density at radius 3 is 2.19 bits per heavy atom. The van der Waals surface area contributed by atoms with E-state index in [1.54, 1.807) is 0 Å². The van der Waals surface area contributed by atoms with E-state index in [1.807, 2.05) is 12.1 Å². The van der Waals surface area contributed by atoms with Crippen molar-refractivity contribution < 1.29 is 14.6 Å². The van der Waals surface area contributed by atoms with Gasteiger partial charge in [-0.3, -0.25) is 0 Å². The maximum Gasteiger partial charge on any atom is 0.339 e. The summed E-state index contributed by atoms with van der Waals surface area (Å²) in [5.74, 6) is 2.18. The first kappa shape index (κ1) is 13.2. The van der Waals surface area contributed by atoms with Gasteiger partial charge in [0, 0.05) is 0 Å². The molecule has 0 saturated heterocycles. The van der Waals surface area contributed by atoms with Gasteiger partial charge in [0.1, 0.15) is 11.3 Å². The van der Waals surface area contributed by atoms with Crippen molar-refractivity contribution in [1.82, 2.24) is 0 Å². The molecule has 4 fully saturated rings. The minimum atomic E-state index is -0.890. The van der Waals surface area contributed by atoms with Gasteiger partial charge in [0.15, 0.2) is 0 Å². The van der Waals surface area contributed by atoms with E-state index >= 15 is 0 Å². The van der Waals surface area contributed by atoms with E-state index < -0.39 is 5.97 Å². The van der Waals surface area contributed by atoms with E-state index in [0.717, 1.165) is 17.8 Å². The van der Waals surface area contributed by atoms with Crippen LogP contribution in [0.5, 0.6) is 5.75 Å². The quantitative estimate of drug-likeness (QED) is 0.917. The van der Waals surface area contributed by atoms with Crippen molar-refractivity contribution in [2.45, 2.75) is 43.9 Å². The number of ether oxygens (including phenoxy) is 1. The lowest BCUT2D eigenvalue weighted by molar-refractivity contribution is -0.00523. The van der Waals surface area contributed by atoms with Crippen molar-refractivity contribution in [2.24, 2.45) is 17.8 Å². The Hall–Kier alpha value is -1.51. The van der Waals surface area contributed by atoms with Gasteiger partial charge >= 0.3 is 5.97 Å². The van der Waals surface area contributed by atoms with Crippen LogP contribution in [0.1, 0.15) is 54.4 Å². The molecule has 112 valence electrons. The van der Waals surface area contributed by atoms with Gasteiger partial charge in [-0.2, -0.15) is 0 Å². The van der Waals surface area contributed by atoms with E-state index in [0.29, 0.717) is 11.3 Å². The van der Waals surface area contributed by atoms with Crippen LogP contribution in [0.4, 0.5) is 0 Å². The summed E-state index contributed by atoms with van der Waals surface area (Å²) in [5, 5.41) is 9.42. The minimum Gasteiger partial charge on any atom is -0.496 e. The number of methoxy groups -OCH3 is 1. The molecule has 0 aromatic heterocycles. The van der Waals surface area contributed by atoms with Crippen LogP contribution in [0, 0.1) is 17.8 Å². The van der Waals surface area contributed by atoms with E-state index in [4.69, 9.17) is 4.74 Å². The number of benzene rings is 1. The number of hydrogen-bond donors (Lipinski definition) is 1. The number of rotatable bonds is 3. The summed E-state index contributed by atoms with van der Waals surface area (Å²) in [5.41, 5.74) is 1.79. The molecule has 0 heterocycles. The fraction of sp³-hybridized carbons (Fsp3) is 0.611. The highest BCUT2D eigenvalue weighted by Gasteiger charge is 2.51. The molecule has 4 saturated carbocycles. The second-order valence-corrected chi connectivity index (χ2v) is 7.42. The Balaban J connectivity index is 1.76. The molecule has 1 aromatic carbocycles. The van der Waals surface area contributed by atoms with Gasteiger partial charge < -0.3 is 9.84 Å². The highest BCUT2D eigenvalue weighted by Crippen LogP contribution is 2.60. The molecule has 0 atom stereocenters. The maximum atomic E-state index is 11.5. The molecule has 0 amide bonds. The zero-order chi connectivity index (χ0) is 14.6. The van der Waals surface area contributed by atoms with Crippen LogP contribution < -0.4 is 4.74 Å². The topological polar surface area (TPSA) is 46.5 Å². The van der Waals surface area contributed by atoms with Crippen LogP contribution in [0.25, 0.3) is 0 Å². The van der Waals surface area contributed by atoms with Gasteiger partial charge in [-0.05, 0) is 79.4 Å². The van der Waals surface area contributed by atoms with Crippen LogP contribution in [-0.2, 0) is 5.41 Å². The van der Waals surface area contributed by atoms with Gasteiger partial charge in [-0.1, -0.05) is 6.07 Å². The molecule has 1 aromatic rings. The molecule has 4 aliphatic carbocycles. The first-order valence-electron chi connectivity index (χ1n) is 8.01. The molecule has 21 heavy (non-hydrogen) atoms. The molecule has 0 unspecified atom stereocenters. The smallest absolute Gasteiger partial charge is 0.339 e. The van der Waals surface area contributed by atoms with Crippen molar-refractivity contribution in [2.75, 3.05) is 7.11 Å². The Morgan fingerprint density at radius 1 is 1.14 bits per heavy atom. The molecular weight excluding hydrogens is 264 g/mol. The van der Waals surface area contributed by atoms with E-state index in [2.05, 4.69) is 6.07 Å². The first-order valence-corrected chi connectivity index (χ1v) is 8.01. The number of aromatic carboxylic acids is 1. The molecule has 1 N–H and O–H groups in total. The molecule has 4 aliphatic rings. The van der Waals surface area contributed by atoms with Gasteiger partial charge in [-0.15, -0.1) is 0 Å². The first-order chi connectivity index (χ1) is 10.1. The van der Waals surface area contributed by atoms with E-state index in [1.165, 1.54) is 51.2 Å². The standard InChI is InChI=1S/C18H22O3/c1-21-16-3-2-14(7-15(16)17(19)20)18-8-11-4-12(9-18)6-13(5-11)10-18/h2-3,7,11-13H,4-6,8-10H2,1H3,(H,19,20). The second-order valence-electron chi connectivity index (χ2n) is 7.42. The summed E-state index contributed by atoms with van der Waals surface area (Å²) in [6, 6.07) is 5.84. The summed E-state index contributed by atoms with van der Waals surface area (Å²) >= 11 is 0. The van der Waals surface area contributed by atoms with Crippen molar-refractivity contribution in [3.8, 4) is 5.75 Å². The monoisotopic (exact) mass is 286 g/mol. The van der Waals surface area contributed by atoms with Crippen LogP contribution in [0.2, 0.25) is 0 Å². The maximum absolute atomic E-state index is 11.5. The Morgan fingerprint density at radius 2 is 1.71 bits per heavy atom. The predicted octanol–water partition coefficient (Wildman–Crippen LogP) is 3.86. The largest absolute Gasteiger partial charge is 0.496 e. The summed E-state index contributed by atoms with van der Waals surface area (Å²) in [6.07, 6.45) is 7.97. The molecule has 4 bridgehead atoms. The van der Waals surface area contributed by atoms with Gasteiger partial charge in [0.2, 0.25) is 0 Å². The lowest BCUT2D eigenvalue weighted by Crippen LogP contribution is -2.48. The third-order valence-electron chi connectivity index (χ3n) is 6.08.